The molecule has 0 radical (unpaired) electrons. The third kappa shape index (κ3) is 2.48. The summed E-state index contributed by atoms with van der Waals surface area (Å²) in [4.78, 5) is 0. The molecule has 0 atom stereocenters. The highest BCUT2D eigenvalue weighted by atomic mass is 79.9. The first-order chi connectivity index (χ1) is 6.84. The van der Waals surface area contributed by atoms with Crippen molar-refractivity contribution in [3.8, 4) is 0 Å². The number of halogens is 1. The molecule has 0 saturated heterocycles. The van der Waals surface area contributed by atoms with Gasteiger partial charge in [0, 0.05) is 10.9 Å². The minimum atomic E-state index is 0.967. The monoisotopic (exact) mass is 250 g/mol. The molecule has 2 heteroatoms. The summed E-state index contributed by atoms with van der Waals surface area (Å²) in [5.74, 6) is 1.05. The van der Waals surface area contributed by atoms with Crippen LogP contribution in [0.15, 0.2) is 51.6 Å². The van der Waals surface area contributed by atoms with Gasteiger partial charge in [0.1, 0.15) is 5.76 Å². The third-order valence-electron chi connectivity index (χ3n) is 2.15. The van der Waals surface area contributed by atoms with Crippen molar-refractivity contribution in [2.45, 2.75) is 12.8 Å². The molecular weight excluding hydrogens is 240 g/mol. The lowest BCUT2D eigenvalue weighted by Gasteiger charge is -1.99. The number of benzene rings is 1. The van der Waals surface area contributed by atoms with Gasteiger partial charge in [0.25, 0.3) is 0 Å². The van der Waals surface area contributed by atoms with Crippen LogP contribution in [0.1, 0.15) is 11.3 Å². The Labute approximate surface area is 91.9 Å². The molecule has 0 aliphatic heterocycles. The summed E-state index contributed by atoms with van der Waals surface area (Å²) in [6.45, 7) is 0. The summed E-state index contributed by atoms with van der Waals surface area (Å²) < 4.78 is 6.39. The van der Waals surface area contributed by atoms with Crippen molar-refractivity contribution in [2.75, 3.05) is 0 Å². The molecule has 0 spiro atoms. The van der Waals surface area contributed by atoms with Crippen molar-refractivity contribution in [3.05, 3.63) is 58.5 Å². The van der Waals surface area contributed by atoms with Crippen LogP contribution in [0.5, 0.6) is 0 Å². The van der Waals surface area contributed by atoms with Gasteiger partial charge in [-0.2, -0.15) is 0 Å². The smallest absolute Gasteiger partial charge is 0.104 e. The fraction of sp³-hybridized carbons (Fsp3) is 0.167. The molecule has 14 heavy (non-hydrogen) atoms. The van der Waals surface area contributed by atoms with Gasteiger partial charge in [0.15, 0.2) is 0 Å². The standard InChI is InChI=1S/C12H11BrO/c13-11-6-3-10(4-7-11)5-8-12-2-1-9-14-12/h1-4,6-7,9H,5,8H2. The summed E-state index contributed by atoms with van der Waals surface area (Å²) in [6, 6.07) is 12.3. The van der Waals surface area contributed by atoms with Crippen molar-refractivity contribution in [3.63, 3.8) is 0 Å². The van der Waals surface area contributed by atoms with E-state index in [1.54, 1.807) is 6.26 Å². The van der Waals surface area contributed by atoms with Gasteiger partial charge in [-0.05, 0) is 36.2 Å². The van der Waals surface area contributed by atoms with E-state index < -0.39 is 0 Å². The summed E-state index contributed by atoms with van der Waals surface area (Å²) in [7, 11) is 0. The second-order valence-electron chi connectivity index (χ2n) is 3.21. The molecule has 1 heterocycles. The largest absolute Gasteiger partial charge is 0.469 e. The number of furan rings is 1. The van der Waals surface area contributed by atoms with Crippen LogP contribution in [0.4, 0.5) is 0 Å². The lowest BCUT2D eigenvalue weighted by atomic mass is 10.1. The van der Waals surface area contributed by atoms with Crippen LogP contribution in [0, 0.1) is 0 Å². The molecule has 0 aliphatic rings. The van der Waals surface area contributed by atoms with E-state index in [2.05, 4.69) is 40.2 Å². The van der Waals surface area contributed by atoms with Gasteiger partial charge in [-0.15, -0.1) is 0 Å². The number of hydrogen-bond acceptors (Lipinski definition) is 1. The molecule has 1 nitrogen and oxygen atoms in total. The zero-order valence-corrected chi connectivity index (χ0v) is 9.33. The molecule has 0 aliphatic carbocycles. The highest BCUT2D eigenvalue weighted by Gasteiger charge is 1.97. The molecule has 0 saturated carbocycles. The highest BCUT2D eigenvalue weighted by Crippen LogP contribution is 2.12. The Hall–Kier alpha value is -1.02. The van der Waals surface area contributed by atoms with Gasteiger partial charge in [-0.1, -0.05) is 28.1 Å². The molecule has 0 N–H and O–H groups in total. The molecule has 2 rings (SSSR count). The van der Waals surface area contributed by atoms with E-state index in [1.807, 2.05) is 12.1 Å². The summed E-state index contributed by atoms with van der Waals surface area (Å²) >= 11 is 3.42. The summed E-state index contributed by atoms with van der Waals surface area (Å²) in [5.41, 5.74) is 1.34. The molecule has 2 aromatic rings. The lowest BCUT2D eigenvalue weighted by molar-refractivity contribution is 0.508. The quantitative estimate of drug-likeness (QED) is 0.808. The Morgan fingerprint density at radius 2 is 1.79 bits per heavy atom. The highest BCUT2D eigenvalue weighted by molar-refractivity contribution is 9.10. The van der Waals surface area contributed by atoms with Gasteiger partial charge in [0.2, 0.25) is 0 Å². The van der Waals surface area contributed by atoms with Crippen molar-refractivity contribution >= 4 is 15.9 Å². The number of hydrogen-bond donors (Lipinski definition) is 0. The average molecular weight is 251 g/mol. The van der Waals surface area contributed by atoms with Gasteiger partial charge >= 0.3 is 0 Å². The van der Waals surface area contributed by atoms with E-state index in [9.17, 15) is 0 Å². The van der Waals surface area contributed by atoms with Gasteiger partial charge in [-0.3, -0.25) is 0 Å². The Morgan fingerprint density at radius 1 is 1.00 bits per heavy atom. The van der Waals surface area contributed by atoms with Crippen LogP contribution < -0.4 is 0 Å². The zero-order chi connectivity index (χ0) is 9.80. The maximum Gasteiger partial charge on any atom is 0.104 e. The first-order valence-electron chi connectivity index (χ1n) is 4.61. The van der Waals surface area contributed by atoms with Crippen LogP contribution in [-0.2, 0) is 12.8 Å². The van der Waals surface area contributed by atoms with Crippen molar-refractivity contribution in [2.24, 2.45) is 0 Å². The second kappa shape index (κ2) is 4.47. The maximum atomic E-state index is 5.27. The predicted molar refractivity (Wildman–Crippen MR) is 60.3 cm³/mol. The Kier molecular flexibility index (Phi) is 3.04. The van der Waals surface area contributed by atoms with Crippen LogP contribution >= 0.6 is 15.9 Å². The van der Waals surface area contributed by atoms with Crippen LogP contribution in [-0.4, -0.2) is 0 Å². The summed E-state index contributed by atoms with van der Waals surface area (Å²) in [5, 5.41) is 0. The van der Waals surface area contributed by atoms with E-state index in [0.29, 0.717) is 0 Å². The first kappa shape index (κ1) is 9.53. The number of rotatable bonds is 3. The van der Waals surface area contributed by atoms with E-state index in [4.69, 9.17) is 4.42 Å². The minimum absolute atomic E-state index is 0.967. The minimum Gasteiger partial charge on any atom is -0.469 e. The SMILES string of the molecule is Brc1ccc(CCc2ccco2)cc1. The molecule has 1 aromatic heterocycles. The van der Waals surface area contributed by atoms with Gasteiger partial charge < -0.3 is 4.42 Å². The van der Waals surface area contributed by atoms with Crippen LogP contribution in [0.2, 0.25) is 0 Å². The van der Waals surface area contributed by atoms with Crippen molar-refractivity contribution in [1.82, 2.24) is 0 Å². The fourth-order valence-corrected chi connectivity index (χ4v) is 1.64. The van der Waals surface area contributed by atoms with Crippen LogP contribution in [0.3, 0.4) is 0 Å². The summed E-state index contributed by atoms with van der Waals surface area (Å²) in [6.07, 6.45) is 3.71. The Morgan fingerprint density at radius 3 is 2.43 bits per heavy atom. The second-order valence-corrected chi connectivity index (χ2v) is 4.12. The molecule has 0 fully saturated rings. The molecule has 0 amide bonds. The van der Waals surface area contributed by atoms with Gasteiger partial charge in [0.05, 0.1) is 6.26 Å². The molecular formula is C12H11BrO. The van der Waals surface area contributed by atoms with E-state index in [0.717, 1.165) is 23.1 Å². The maximum absolute atomic E-state index is 5.27. The van der Waals surface area contributed by atoms with Gasteiger partial charge in [-0.25, -0.2) is 0 Å². The lowest BCUT2D eigenvalue weighted by Crippen LogP contribution is -1.88. The first-order valence-corrected chi connectivity index (χ1v) is 5.41. The van der Waals surface area contributed by atoms with Crippen molar-refractivity contribution < 1.29 is 4.42 Å². The molecule has 0 bridgehead atoms. The van der Waals surface area contributed by atoms with E-state index in [1.165, 1.54) is 5.56 Å². The average Bonchev–Trinajstić information content (AvgIpc) is 2.70. The number of aryl methyl sites for hydroxylation is 2. The zero-order valence-electron chi connectivity index (χ0n) is 7.74. The molecule has 0 unspecified atom stereocenters. The Balaban J connectivity index is 1.95. The van der Waals surface area contributed by atoms with E-state index in [-0.39, 0.29) is 0 Å². The topological polar surface area (TPSA) is 13.1 Å². The Bertz CT molecular complexity index is 375. The van der Waals surface area contributed by atoms with Crippen LogP contribution in [0.25, 0.3) is 0 Å². The third-order valence-corrected chi connectivity index (χ3v) is 2.68. The van der Waals surface area contributed by atoms with E-state index >= 15 is 0 Å². The molecule has 1 aromatic carbocycles. The normalized spacial score (nSPS) is 10.4. The fourth-order valence-electron chi connectivity index (χ4n) is 1.37. The predicted octanol–water partition coefficient (Wildman–Crippen LogP) is 3.83. The molecule has 72 valence electrons. The van der Waals surface area contributed by atoms with Crippen molar-refractivity contribution in [1.29, 1.82) is 0 Å².